The average molecular weight is 404 g/mol. The minimum absolute atomic E-state index is 0.0228. The predicted octanol–water partition coefficient (Wildman–Crippen LogP) is 6.31. The molecule has 152 valence electrons. The van der Waals surface area contributed by atoms with E-state index < -0.39 is 11.6 Å². The zero-order valence-corrected chi connectivity index (χ0v) is 16.5. The Morgan fingerprint density at radius 1 is 0.967 bits per heavy atom. The minimum Gasteiger partial charge on any atom is -0.366 e. The topological polar surface area (TPSA) is 53.6 Å². The quantitative estimate of drug-likeness (QED) is 0.419. The van der Waals surface area contributed by atoms with Crippen LogP contribution in [0.2, 0.25) is 0 Å². The van der Waals surface area contributed by atoms with Gasteiger partial charge in [-0.2, -0.15) is 0 Å². The molecule has 2 aromatic heterocycles. The van der Waals surface area contributed by atoms with E-state index in [0.29, 0.717) is 17.3 Å². The minimum atomic E-state index is -0.579. The lowest BCUT2D eigenvalue weighted by Gasteiger charge is -2.23. The van der Waals surface area contributed by atoms with Gasteiger partial charge >= 0.3 is 0 Å². The van der Waals surface area contributed by atoms with Crippen LogP contribution in [0, 0.1) is 11.6 Å². The molecule has 0 amide bonds. The van der Waals surface area contributed by atoms with Crippen LogP contribution >= 0.6 is 0 Å². The van der Waals surface area contributed by atoms with Crippen LogP contribution in [0.25, 0.3) is 33.3 Å². The molecule has 0 unspecified atom stereocenters. The van der Waals surface area contributed by atoms with Crippen molar-refractivity contribution in [3.63, 3.8) is 0 Å². The number of nitrogens with zero attached hydrogens (tertiary/aromatic N) is 2. The lowest BCUT2D eigenvalue weighted by atomic mass is 9.95. The molecule has 2 aromatic carbocycles. The van der Waals surface area contributed by atoms with E-state index in [1.54, 1.807) is 24.5 Å². The van der Waals surface area contributed by atoms with Crippen LogP contribution in [0.15, 0.2) is 55.0 Å². The first kappa shape index (κ1) is 18.7. The standard InChI is InChI=1S/C24H22F2N4/c25-19-7-4-8-20(26)24(19)15-9-10-21-17(11-15)18(12-28-21)22-13-27-14-23(30-22)29-16-5-2-1-3-6-16/h4,7-14,16,28H,1-3,5-6H2,(H,29,30). The van der Waals surface area contributed by atoms with Crippen LogP contribution in [-0.4, -0.2) is 21.0 Å². The molecule has 2 N–H and O–H groups in total. The maximum absolute atomic E-state index is 14.3. The lowest BCUT2D eigenvalue weighted by molar-refractivity contribution is 0.462. The van der Waals surface area contributed by atoms with Gasteiger partial charge in [-0.3, -0.25) is 4.98 Å². The third kappa shape index (κ3) is 3.54. The summed E-state index contributed by atoms with van der Waals surface area (Å²) in [4.78, 5) is 12.3. The molecule has 6 heteroatoms. The summed E-state index contributed by atoms with van der Waals surface area (Å²) in [5.74, 6) is -0.403. The average Bonchev–Trinajstić information content (AvgIpc) is 3.18. The van der Waals surface area contributed by atoms with Crippen LogP contribution in [0.4, 0.5) is 14.6 Å². The summed E-state index contributed by atoms with van der Waals surface area (Å²) in [5, 5.41) is 4.35. The van der Waals surface area contributed by atoms with Gasteiger partial charge in [0.25, 0.3) is 0 Å². The Morgan fingerprint density at radius 2 is 1.77 bits per heavy atom. The summed E-state index contributed by atoms with van der Waals surface area (Å²) in [6, 6.07) is 9.69. The molecule has 0 atom stereocenters. The molecule has 1 aliphatic rings. The third-order valence-electron chi connectivity index (χ3n) is 5.80. The smallest absolute Gasteiger partial charge is 0.145 e. The van der Waals surface area contributed by atoms with E-state index in [4.69, 9.17) is 4.98 Å². The fourth-order valence-electron chi connectivity index (χ4n) is 4.28. The Labute approximate surface area is 173 Å². The van der Waals surface area contributed by atoms with Crippen LogP contribution in [0.5, 0.6) is 0 Å². The van der Waals surface area contributed by atoms with E-state index in [1.807, 2.05) is 12.3 Å². The van der Waals surface area contributed by atoms with Crippen LogP contribution in [0.3, 0.4) is 0 Å². The summed E-state index contributed by atoms with van der Waals surface area (Å²) in [5.41, 5.74) is 2.91. The number of rotatable bonds is 4. The maximum atomic E-state index is 14.3. The molecule has 5 rings (SSSR count). The van der Waals surface area contributed by atoms with Crippen LogP contribution in [-0.2, 0) is 0 Å². The molecule has 4 aromatic rings. The Kier molecular flexibility index (Phi) is 4.91. The highest BCUT2D eigenvalue weighted by atomic mass is 19.1. The molecule has 1 saturated carbocycles. The molecule has 1 fully saturated rings. The van der Waals surface area contributed by atoms with Gasteiger partial charge in [0.2, 0.25) is 0 Å². The first-order valence-corrected chi connectivity index (χ1v) is 10.3. The van der Waals surface area contributed by atoms with Crippen molar-refractivity contribution in [2.75, 3.05) is 5.32 Å². The monoisotopic (exact) mass is 404 g/mol. The number of H-pyrrole nitrogens is 1. The molecule has 4 nitrogen and oxygen atoms in total. The predicted molar refractivity (Wildman–Crippen MR) is 115 cm³/mol. The highest BCUT2D eigenvalue weighted by molar-refractivity contribution is 5.97. The number of aromatic nitrogens is 3. The van der Waals surface area contributed by atoms with Gasteiger partial charge in [-0.25, -0.2) is 13.8 Å². The molecule has 0 saturated heterocycles. The Hall–Kier alpha value is -3.28. The van der Waals surface area contributed by atoms with Crippen molar-refractivity contribution in [2.24, 2.45) is 0 Å². The van der Waals surface area contributed by atoms with Gasteiger partial charge in [0.1, 0.15) is 17.5 Å². The molecular weight excluding hydrogens is 382 g/mol. The van der Waals surface area contributed by atoms with E-state index in [0.717, 1.165) is 35.1 Å². The number of anilines is 1. The largest absolute Gasteiger partial charge is 0.366 e. The zero-order valence-electron chi connectivity index (χ0n) is 16.5. The first-order chi connectivity index (χ1) is 14.7. The SMILES string of the molecule is Fc1cccc(F)c1-c1ccc2[nH]cc(-c3cncc(NC4CCCCC4)n3)c2c1. The van der Waals surface area contributed by atoms with E-state index in [2.05, 4.69) is 15.3 Å². The van der Waals surface area contributed by atoms with Gasteiger partial charge in [-0.15, -0.1) is 0 Å². The van der Waals surface area contributed by atoms with Gasteiger partial charge < -0.3 is 10.3 Å². The number of fused-ring (bicyclic) bond motifs is 1. The number of halogens is 2. The molecular formula is C24H22F2N4. The van der Waals surface area contributed by atoms with Gasteiger partial charge in [-0.1, -0.05) is 31.4 Å². The van der Waals surface area contributed by atoms with Crippen molar-refractivity contribution in [1.82, 2.24) is 15.0 Å². The van der Waals surface area contributed by atoms with E-state index in [-0.39, 0.29) is 5.56 Å². The summed E-state index contributed by atoms with van der Waals surface area (Å²) >= 11 is 0. The van der Waals surface area contributed by atoms with E-state index >= 15 is 0 Å². The number of aromatic amines is 1. The van der Waals surface area contributed by atoms with Gasteiger partial charge in [-0.05, 0) is 42.7 Å². The second-order valence-electron chi connectivity index (χ2n) is 7.83. The molecule has 0 bridgehead atoms. The summed E-state index contributed by atoms with van der Waals surface area (Å²) in [6.07, 6.45) is 11.4. The lowest BCUT2D eigenvalue weighted by Crippen LogP contribution is -2.22. The fraction of sp³-hybridized carbons (Fsp3) is 0.250. The third-order valence-corrected chi connectivity index (χ3v) is 5.80. The van der Waals surface area contributed by atoms with Gasteiger partial charge in [0, 0.05) is 28.7 Å². The Bertz CT molecular complexity index is 1170. The molecule has 0 spiro atoms. The second kappa shape index (κ2) is 7.86. The van der Waals surface area contributed by atoms with Crippen molar-refractivity contribution in [2.45, 2.75) is 38.1 Å². The molecule has 1 aliphatic carbocycles. The zero-order chi connectivity index (χ0) is 20.5. The molecule has 2 heterocycles. The Balaban J connectivity index is 1.53. The number of nitrogens with one attached hydrogen (secondary N) is 2. The first-order valence-electron chi connectivity index (χ1n) is 10.3. The highest BCUT2D eigenvalue weighted by Gasteiger charge is 2.16. The second-order valence-corrected chi connectivity index (χ2v) is 7.83. The van der Waals surface area contributed by atoms with Crippen molar-refractivity contribution < 1.29 is 8.78 Å². The molecule has 0 radical (unpaired) electrons. The van der Waals surface area contributed by atoms with Crippen LogP contribution < -0.4 is 5.32 Å². The summed E-state index contributed by atoms with van der Waals surface area (Å²) in [6.45, 7) is 0. The summed E-state index contributed by atoms with van der Waals surface area (Å²) in [7, 11) is 0. The maximum Gasteiger partial charge on any atom is 0.145 e. The van der Waals surface area contributed by atoms with Gasteiger partial charge in [0.05, 0.1) is 23.7 Å². The van der Waals surface area contributed by atoms with Crippen LogP contribution in [0.1, 0.15) is 32.1 Å². The summed E-state index contributed by atoms with van der Waals surface area (Å²) < 4.78 is 28.6. The van der Waals surface area contributed by atoms with Crippen molar-refractivity contribution in [3.05, 3.63) is 66.6 Å². The normalized spacial score (nSPS) is 14.9. The Morgan fingerprint density at radius 3 is 2.57 bits per heavy atom. The number of benzene rings is 2. The number of hydrogen-bond acceptors (Lipinski definition) is 3. The van der Waals surface area contributed by atoms with Crippen molar-refractivity contribution >= 4 is 16.7 Å². The number of hydrogen-bond donors (Lipinski definition) is 2. The molecule has 0 aliphatic heterocycles. The van der Waals surface area contributed by atoms with Crippen molar-refractivity contribution in [3.8, 4) is 22.4 Å². The van der Waals surface area contributed by atoms with Crippen molar-refractivity contribution in [1.29, 1.82) is 0 Å². The van der Waals surface area contributed by atoms with Gasteiger partial charge in [0.15, 0.2) is 0 Å². The molecule has 30 heavy (non-hydrogen) atoms. The van der Waals surface area contributed by atoms with E-state index in [9.17, 15) is 8.78 Å². The highest BCUT2D eigenvalue weighted by Crippen LogP contribution is 2.33. The van der Waals surface area contributed by atoms with E-state index in [1.165, 1.54) is 37.5 Å². The fourth-order valence-corrected chi connectivity index (χ4v) is 4.28.